The van der Waals surface area contributed by atoms with Crippen molar-refractivity contribution in [3.8, 4) is 0 Å². The summed E-state index contributed by atoms with van der Waals surface area (Å²) in [7, 11) is 0. The summed E-state index contributed by atoms with van der Waals surface area (Å²) >= 11 is 0. The molecule has 0 spiro atoms. The van der Waals surface area contributed by atoms with Crippen LogP contribution in [0.5, 0.6) is 0 Å². The van der Waals surface area contributed by atoms with E-state index in [-0.39, 0.29) is 18.0 Å². The van der Waals surface area contributed by atoms with E-state index in [1.807, 2.05) is 24.3 Å². The van der Waals surface area contributed by atoms with Crippen molar-refractivity contribution in [1.82, 2.24) is 4.98 Å². The van der Waals surface area contributed by atoms with Gasteiger partial charge in [-0.15, -0.1) is 0 Å². The third-order valence-electron chi connectivity index (χ3n) is 3.70. The summed E-state index contributed by atoms with van der Waals surface area (Å²) < 4.78 is 0. The SMILES string of the molecule is NC(=O)c1cnccc1NCC(=O)N1CCc2ccccc21. The molecule has 1 aromatic heterocycles. The number of primary amides is 1. The number of anilines is 2. The third kappa shape index (κ3) is 2.63. The molecule has 0 radical (unpaired) electrons. The maximum Gasteiger partial charge on any atom is 0.252 e. The van der Waals surface area contributed by atoms with E-state index in [2.05, 4.69) is 10.3 Å². The number of fused-ring (bicyclic) bond motifs is 1. The molecule has 2 aromatic rings. The van der Waals surface area contributed by atoms with E-state index in [0.29, 0.717) is 12.2 Å². The number of nitrogens with two attached hydrogens (primary N) is 1. The summed E-state index contributed by atoms with van der Waals surface area (Å²) in [5.41, 5.74) is 8.22. The van der Waals surface area contributed by atoms with Crippen molar-refractivity contribution in [2.24, 2.45) is 5.73 Å². The number of pyridine rings is 1. The lowest BCUT2D eigenvalue weighted by Crippen LogP contribution is -2.34. The quantitative estimate of drug-likeness (QED) is 0.887. The number of para-hydroxylation sites is 1. The minimum atomic E-state index is -0.574. The fourth-order valence-corrected chi connectivity index (χ4v) is 2.61. The first-order valence-corrected chi connectivity index (χ1v) is 7.03. The van der Waals surface area contributed by atoms with Gasteiger partial charge in [-0.25, -0.2) is 0 Å². The summed E-state index contributed by atoms with van der Waals surface area (Å²) in [5.74, 6) is -0.619. The van der Waals surface area contributed by atoms with E-state index in [9.17, 15) is 9.59 Å². The molecule has 0 saturated heterocycles. The van der Waals surface area contributed by atoms with Gasteiger partial charge in [0.25, 0.3) is 5.91 Å². The Balaban J connectivity index is 1.71. The van der Waals surface area contributed by atoms with Crippen molar-refractivity contribution in [3.05, 3.63) is 53.9 Å². The monoisotopic (exact) mass is 296 g/mol. The number of hydrogen-bond donors (Lipinski definition) is 2. The van der Waals surface area contributed by atoms with E-state index in [1.165, 1.54) is 11.8 Å². The molecule has 3 N–H and O–H groups in total. The van der Waals surface area contributed by atoms with Crippen LogP contribution in [0.25, 0.3) is 0 Å². The predicted octanol–water partition coefficient (Wildman–Crippen LogP) is 1.18. The maximum absolute atomic E-state index is 12.4. The van der Waals surface area contributed by atoms with Gasteiger partial charge >= 0.3 is 0 Å². The minimum absolute atomic E-state index is 0.0443. The van der Waals surface area contributed by atoms with Crippen LogP contribution in [-0.2, 0) is 11.2 Å². The van der Waals surface area contributed by atoms with Crippen molar-refractivity contribution in [2.45, 2.75) is 6.42 Å². The molecule has 1 aliphatic rings. The number of aromatic nitrogens is 1. The van der Waals surface area contributed by atoms with Gasteiger partial charge in [0, 0.05) is 24.6 Å². The van der Waals surface area contributed by atoms with E-state index < -0.39 is 5.91 Å². The first-order valence-electron chi connectivity index (χ1n) is 7.03. The molecular weight excluding hydrogens is 280 g/mol. The predicted molar refractivity (Wildman–Crippen MR) is 83.7 cm³/mol. The van der Waals surface area contributed by atoms with Crippen LogP contribution in [0, 0.1) is 0 Å². The molecule has 6 nitrogen and oxygen atoms in total. The Hall–Kier alpha value is -2.89. The van der Waals surface area contributed by atoms with Crippen molar-refractivity contribution in [1.29, 1.82) is 0 Å². The molecule has 0 atom stereocenters. The van der Waals surface area contributed by atoms with Crippen molar-refractivity contribution >= 4 is 23.2 Å². The normalized spacial score (nSPS) is 12.8. The molecule has 0 fully saturated rings. The average molecular weight is 296 g/mol. The first kappa shape index (κ1) is 14.1. The van der Waals surface area contributed by atoms with Gasteiger partial charge in [0.2, 0.25) is 5.91 Å². The second-order valence-corrected chi connectivity index (χ2v) is 5.06. The molecule has 0 unspecified atom stereocenters. The molecule has 22 heavy (non-hydrogen) atoms. The number of hydrogen-bond acceptors (Lipinski definition) is 4. The fourth-order valence-electron chi connectivity index (χ4n) is 2.61. The Bertz CT molecular complexity index is 730. The van der Waals surface area contributed by atoms with Gasteiger partial charge in [-0.1, -0.05) is 18.2 Å². The van der Waals surface area contributed by atoms with E-state index >= 15 is 0 Å². The van der Waals surface area contributed by atoms with Crippen LogP contribution in [0.15, 0.2) is 42.7 Å². The van der Waals surface area contributed by atoms with Crippen LogP contribution in [0.3, 0.4) is 0 Å². The molecule has 112 valence electrons. The van der Waals surface area contributed by atoms with Gasteiger partial charge in [-0.05, 0) is 24.1 Å². The molecule has 1 aliphatic heterocycles. The maximum atomic E-state index is 12.4. The van der Waals surface area contributed by atoms with Crippen LogP contribution in [0.1, 0.15) is 15.9 Å². The summed E-state index contributed by atoms with van der Waals surface area (Å²) in [5, 5.41) is 2.97. The van der Waals surface area contributed by atoms with Gasteiger partial charge in [0.15, 0.2) is 0 Å². The van der Waals surface area contributed by atoms with Crippen LogP contribution < -0.4 is 16.0 Å². The zero-order valence-corrected chi connectivity index (χ0v) is 12.0. The average Bonchev–Trinajstić information content (AvgIpc) is 2.97. The Labute approximate surface area is 127 Å². The number of amides is 2. The van der Waals surface area contributed by atoms with Gasteiger partial charge in [-0.3, -0.25) is 14.6 Å². The number of nitrogens with zero attached hydrogens (tertiary/aromatic N) is 2. The van der Waals surface area contributed by atoms with Crippen LogP contribution in [0.2, 0.25) is 0 Å². The second kappa shape index (κ2) is 5.85. The first-order chi connectivity index (χ1) is 10.7. The summed E-state index contributed by atoms with van der Waals surface area (Å²) in [6, 6.07) is 9.50. The molecular formula is C16H16N4O2. The summed E-state index contributed by atoms with van der Waals surface area (Å²) in [4.78, 5) is 29.3. The van der Waals surface area contributed by atoms with Gasteiger partial charge < -0.3 is 16.0 Å². The molecule has 3 rings (SSSR count). The summed E-state index contributed by atoms with van der Waals surface area (Å²) in [6.45, 7) is 0.775. The van der Waals surface area contributed by atoms with Gasteiger partial charge in [-0.2, -0.15) is 0 Å². The van der Waals surface area contributed by atoms with E-state index in [1.54, 1.807) is 17.2 Å². The van der Waals surface area contributed by atoms with Gasteiger partial charge in [0.05, 0.1) is 17.8 Å². The highest BCUT2D eigenvalue weighted by Crippen LogP contribution is 2.27. The zero-order valence-electron chi connectivity index (χ0n) is 12.0. The Morgan fingerprint density at radius 3 is 2.91 bits per heavy atom. The Morgan fingerprint density at radius 2 is 2.09 bits per heavy atom. The number of carbonyl (C=O) groups is 2. The van der Waals surface area contributed by atoms with Crippen molar-refractivity contribution < 1.29 is 9.59 Å². The number of carbonyl (C=O) groups excluding carboxylic acids is 2. The molecule has 0 bridgehead atoms. The zero-order chi connectivity index (χ0) is 15.5. The van der Waals surface area contributed by atoms with E-state index in [0.717, 1.165) is 12.1 Å². The number of benzene rings is 1. The highest BCUT2D eigenvalue weighted by Gasteiger charge is 2.23. The van der Waals surface area contributed by atoms with Crippen LogP contribution in [0.4, 0.5) is 11.4 Å². The van der Waals surface area contributed by atoms with Crippen molar-refractivity contribution in [3.63, 3.8) is 0 Å². The summed E-state index contributed by atoms with van der Waals surface area (Å²) in [6.07, 6.45) is 3.80. The molecule has 1 aromatic carbocycles. The Morgan fingerprint density at radius 1 is 1.27 bits per heavy atom. The molecule has 2 amide bonds. The lowest BCUT2D eigenvalue weighted by atomic mass is 10.2. The standard InChI is InChI=1S/C16H16N4O2/c17-16(22)12-9-18-7-5-13(12)19-10-15(21)20-8-6-11-3-1-2-4-14(11)20/h1-5,7,9H,6,8,10H2,(H2,17,22)(H,18,19). The van der Waals surface area contributed by atoms with Crippen LogP contribution in [-0.4, -0.2) is 29.9 Å². The van der Waals surface area contributed by atoms with Crippen LogP contribution >= 0.6 is 0 Å². The number of nitrogens with one attached hydrogen (secondary N) is 1. The lowest BCUT2D eigenvalue weighted by Gasteiger charge is -2.18. The lowest BCUT2D eigenvalue weighted by molar-refractivity contribution is -0.116. The van der Waals surface area contributed by atoms with Crippen molar-refractivity contribution in [2.75, 3.05) is 23.3 Å². The molecule has 0 saturated carbocycles. The molecule has 0 aliphatic carbocycles. The minimum Gasteiger partial charge on any atom is -0.375 e. The van der Waals surface area contributed by atoms with Gasteiger partial charge in [0.1, 0.15) is 0 Å². The molecule has 2 heterocycles. The molecule has 6 heteroatoms. The topological polar surface area (TPSA) is 88.3 Å². The highest BCUT2D eigenvalue weighted by molar-refractivity contribution is 6.01. The Kier molecular flexibility index (Phi) is 3.74. The number of rotatable bonds is 4. The van der Waals surface area contributed by atoms with E-state index in [4.69, 9.17) is 5.73 Å². The fraction of sp³-hybridized carbons (Fsp3) is 0.188. The largest absolute Gasteiger partial charge is 0.375 e. The third-order valence-corrected chi connectivity index (χ3v) is 3.70. The highest BCUT2D eigenvalue weighted by atomic mass is 16.2. The second-order valence-electron chi connectivity index (χ2n) is 5.06. The smallest absolute Gasteiger partial charge is 0.252 e.